The van der Waals surface area contributed by atoms with Crippen LogP contribution in [0.5, 0.6) is 5.75 Å². The van der Waals surface area contributed by atoms with Gasteiger partial charge in [0.1, 0.15) is 5.75 Å². The maximum Gasteiger partial charge on any atom is 0.291 e. The molecule has 1 fully saturated rings. The van der Waals surface area contributed by atoms with Crippen LogP contribution in [-0.2, 0) is 19.6 Å². The maximum atomic E-state index is 12.1. The van der Waals surface area contributed by atoms with E-state index in [2.05, 4.69) is 10.0 Å². The minimum Gasteiger partial charge on any atom is -0.488 e. The first-order chi connectivity index (χ1) is 13.2. The summed E-state index contributed by atoms with van der Waals surface area (Å²) in [5, 5.41) is 2.55. The second-order valence-corrected chi connectivity index (χ2v) is 9.31. The number of anilines is 2. The molecule has 2 rings (SSSR count). The molecule has 1 saturated carbocycles. The molecule has 0 heterocycles. The van der Waals surface area contributed by atoms with E-state index in [1.807, 2.05) is 13.8 Å². The van der Waals surface area contributed by atoms with Gasteiger partial charge in [-0.1, -0.05) is 26.7 Å². The summed E-state index contributed by atoms with van der Waals surface area (Å²) in [6.45, 7) is 3.88. The molecular weight excluding hydrogens is 380 g/mol. The minimum atomic E-state index is -3.53. The number of Topliss-reactive ketones (excluding diaryl/α,β-unsaturated/α-hetero) is 1. The lowest BCUT2D eigenvalue weighted by Gasteiger charge is -2.24. The van der Waals surface area contributed by atoms with E-state index in [-0.39, 0.29) is 24.1 Å². The Labute approximate surface area is 167 Å². The number of nitrogens with one attached hydrogen (secondary N) is 2. The van der Waals surface area contributed by atoms with Crippen molar-refractivity contribution in [3.05, 3.63) is 18.2 Å². The summed E-state index contributed by atoms with van der Waals surface area (Å²) in [6.07, 6.45) is 7.32. The summed E-state index contributed by atoms with van der Waals surface area (Å²) in [5.41, 5.74) is 0.588. The lowest BCUT2D eigenvalue weighted by Crippen LogP contribution is -2.24. The topological polar surface area (TPSA) is 102 Å². The van der Waals surface area contributed by atoms with E-state index in [0.29, 0.717) is 11.4 Å². The Balaban J connectivity index is 2.16. The quantitative estimate of drug-likeness (QED) is 0.604. The van der Waals surface area contributed by atoms with Crippen LogP contribution in [0.1, 0.15) is 58.8 Å². The Hall–Kier alpha value is -2.09. The van der Waals surface area contributed by atoms with Crippen molar-refractivity contribution in [3.8, 4) is 5.75 Å². The fraction of sp³-hybridized carbons (Fsp3) is 0.600. The Kier molecular flexibility index (Phi) is 7.86. The highest BCUT2D eigenvalue weighted by Gasteiger charge is 2.20. The number of carbonyl (C=O) groups is 2. The third kappa shape index (κ3) is 7.14. The van der Waals surface area contributed by atoms with Gasteiger partial charge in [-0.25, -0.2) is 8.42 Å². The van der Waals surface area contributed by atoms with E-state index in [1.165, 1.54) is 12.5 Å². The van der Waals surface area contributed by atoms with Crippen molar-refractivity contribution in [2.24, 2.45) is 5.92 Å². The molecule has 1 atom stereocenters. The van der Waals surface area contributed by atoms with Gasteiger partial charge >= 0.3 is 0 Å². The van der Waals surface area contributed by atoms with Crippen LogP contribution in [-0.4, -0.2) is 32.5 Å². The predicted octanol–water partition coefficient (Wildman–Crippen LogP) is 3.71. The first kappa shape index (κ1) is 22.2. The molecule has 1 aliphatic carbocycles. The standard InChI is InChI=1S/C20H30N2O5S/c1-4-14(2)12-18(23)20(24)21-15-10-11-19(17(13-15)22-28(3,25)26)27-16-8-6-5-7-9-16/h10-11,13-14,16,22H,4-9,12H2,1-3H3,(H,21,24). The maximum absolute atomic E-state index is 12.1. The monoisotopic (exact) mass is 410 g/mol. The Bertz CT molecular complexity index is 801. The number of sulfonamides is 1. The zero-order valence-corrected chi connectivity index (χ0v) is 17.6. The fourth-order valence-corrected chi connectivity index (χ4v) is 3.67. The first-order valence-electron chi connectivity index (χ1n) is 9.80. The second kappa shape index (κ2) is 9.91. The molecule has 1 aliphatic rings. The summed E-state index contributed by atoms with van der Waals surface area (Å²) in [5.74, 6) is -0.644. The van der Waals surface area contributed by atoms with Crippen LogP contribution < -0.4 is 14.8 Å². The van der Waals surface area contributed by atoms with Gasteiger partial charge in [-0.2, -0.15) is 0 Å². The van der Waals surface area contributed by atoms with E-state index in [4.69, 9.17) is 4.74 Å². The smallest absolute Gasteiger partial charge is 0.291 e. The van der Waals surface area contributed by atoms with Crippen molar-refractivity contribution >= 4 is 33.1 Å². The fourth-order valence-electron chi connectivity index (χ4n) is 3.11. The SMILES string of the molecule is CCC(C)CC(=O)C(=O)Nc1ccc(OC2CCCCC2)c(NS(C)(=O)=O)c1. The number of benzene rings is 1. The molecule has 156 valence electrons. The largest absolute Gasteiger partial charge is 0.488 e. The van der Waals surface area contributed by atoms with E-state index < -0.39 is 21.7 Å². The number of rotatable bonds is 9. The molecule has 0 bridgehead atoms. The van der Waals surface area contributed by atoms with Gasteiger partial charge in [0, 0.05) is 12.1 Å². The van der Waals surface area contributed by atoms with Crippen molar-refractivity contribution < 1.29 is 22.7 Å². The van der Waals surface area contributed by atoms with Gasteiger partial charge in [0.2, 0.25) is 15.8 Å². The molecule has 1 aromatic carbocycles. The summed E-state index contributed by atoms with van der Waals surface area (Å²) in [4.78, 5) is 24.1. The van der Waals surface area contributed by atoms with Crippen LogP contribution in [0.15, 0.2) is 18.2 Å². The van der Waals surface area contributed by atoms with Gasteiger partial charge in [-0.3, -0.25) is 14.3 Å². The molecular formula is C20H30N2O5S. The van der Waals surface area contributed by atoms with Crippen molar-refractivity contribution in [1.82, 2.24) is 0 Å². The van der Waals surface area contributed by atoms with Crippen LogP contribution in [0.4, 0.5) is 11.4 Å². The zero-order valence-electron chi connectivity index (χ0n) is 16.8. The number of ketones is 1. The molecule has 0 saturated heterocycles. The van der Waals surface area contributed by atoms with Crippen molar-refractivity contribution in [1.29, 1.82) is 0 Å². The van der Waals surface area contributed by atoms with Crippen LogP contribution in [0.25, 0.3) is 0 Å². The van der Waals surface area contributed by atoms with Crippen LogP contribution >= 0.6 is 0 Å². The molecule has 1 amide bonds. The molecule has 0 radical (unpaired) electrons. The van der Waals surface area contributed by atoms with Crippen LogP contribution in [0.2, 0.25) is 0 Å². The van der Waals surface area contributed by atoms with Gasteiger partial charge in [0.15, 0.2) is 0 Å². The van der Waals surface area contributed by atoms with E-state index in [9.17, 15) is 18.0 Å². The van der Waals surface area contributed by atoms with Crippen molar-refractivity contribution in [3.63, 3.8) is 0 Å². The summed E-state index contributed by atoms with van der Waals surface area (Å²) >= 11 is 0. The second-order valence-electron chi connectivity index (χ2n) is 7.56. The molecule has 28 heavy (non-hydrogen) atoms. The summed E-state index contributed by atoms with van der Waals surface area (Å²) < 4.78 is 31.9. The lowest BCUT2D eigenvalue weighted by molar-refractivity contribution is -0.135. The number of hydrogen-bond donors (Lipinski definition) is 2. The molecule has 0 aromatic heterocycles. The lowest BCUT2D eigenvalue weighted by atomic mass is 9.98. The predicted molar refractivity (Wildman–Crippen MR) is 110 cm³/mol. The molecule has 7 nitrogen and oxygen atoms in total. The van der Waals surface area contributed by atoms with Crippen LogP contribution in [0.3, 0.4) is 0 Å². The molecule has 1 aromatic rings. The Morgan fingerprint density at radius 3 is 2.50 bits per heavy atom. The molecule has 2 N–H and O–H groups in total. The van der Waals surface area contributed by atoms with Crippen LogP contribution in [0, 0.1) is 5.92 Å². The zero-order chi connectivity index (χ0) is 20.7. The molecule has 8 heteroatoms. The first-order valence-corrected chi connectivity index (χ1v) is 11.7. The highest BCUT2D eigenvalue weighted by atomic mass is 32.2. The molecule has 1 unspecified atom stereocenters. The average Bonchev–Trinajstić information content (AvgIpc) is 2.63. The number of amides is 1. The number of carbonyl (C=O) groups excluding carboxylic acids is 2. The minimum absolute atomic E-state index is 0.0476. The molecule has 0 spiro atoms. The number of ether oxygens (including phenoxy) is 1. The van der Waals surface area contributed by atoms with E-state index >= 15 is 0 Å². The van der Waals surface area contributed by atoms with Crippen molar-refractivity contribution in [2.45, 2.75) is 64.9 Å². The average molecular weight is 411 g/mol. The third-order valence-corrected chi connectivity index (χ3v) is 5.45. The van der Waals surface area contributed by atoms with Gasteiger partial charge < -0.3 is 10.1 Å². The highest BCUT2D eigenvalue weighted by molar-refractivity contribution is 7.92. The molecule has 0 aliphatic heterocycles. The Morgan fingerprint density at radius 1 is 1.21 bits per heavy atom. The highest BCUT2D eigenvalue weighted by Crippen LogP contribution is 2.32. The van der Waals surface area contributed by atoms with Crippen molar-refractivity contribution in [2.75, 3.05) is 16.3 Å². The van der Waals surface area contributed by atoms with Gasteiger partial charge in [-0.05, 0) is 49.8 Å². The summed E-state index contributed by atoms with van der Waals surface area (Å²) in [6, 6.07) is 4.71. The Morgan fingerprint density at radius 2 is 1.89 bits per heavy atom. The summed E-state index contributed by atoms with van der Waals surface area (Å²) in [7, 11) is -3.53. The third-order valence-electron chi connectivity index (χ3n) is 4.86. The van der Waals surface area contributed by atoms with E-state index in [1.54, 1.807) is 12.1 Å². The van der Waals surface area contributed by atoms with E-state index in [0.717, 1.165) is 38.4 Å². The normalized spacial score (nSPS) is 16.2. The van der Waals surface area contributed by atoms with Gasteiger partial charge in [0.05, 0.1) is 18.0 Å². The number of hydrogen-bond acceptors (Lipinski definition) is 5. The van der Waals surface area contributed by atoms with Gasteiger partial charge in [-0.15, -0.1) is 0 Å². The van der Waals surface area contributed by atoms with Gasteiger partial charge in [0.25, 0.3) is 5.91 Å².